The minimum atomic E-state index is 0.587. The van der Waals surface area contributed by atoms with Gasteiger partial charge in [0.05, 0.1) is 10.9 Å². The second kappa shape index (κ2) is 5.85. The zero-order valence-electron chi connectivity index (χ0n) is 7.88. The lowest BCUT2D eigenvalue weighted by Crippen LogP contribution is -2.41. The van der Waals surface area contributed by atoms with Crippen LogP contribution < -0.4 is 16.6 Å². The minimum absolute atomic E-state index is 0.587. The second-order valence-electron chi connectivity index (χ2n) is 2.55. The molecule has 4 nitrogen and oxygen atoms in total. The van der Waals surface area contributed by atoms with E-state index in [4.69, 9.17) is 17.4 Å². The van der Waals surface area contributed by atoms with Crippen molar-refractivity contribution < 1.29 is 0 Å². The van der Waals surface area contributed by atoms with Crippen LogP contribution in [0.3, 0.4) is 0 Å². The topological polar surface area (TPSA) is 62.4 Å². The first-order chi connectivity index (χ1) is 6.76. The summed E-state index contributed by atoms with van der Waals surface area (Å²) in [6, 6.07) is 3.82. The molecular formula is C8H13ClN4S. The van der Waals surface area contributed by atoms with Crippen LogP contribution in [0, 0.1) is 0 Å². The Kier molecular flexibility index (Phi) is 4.72. The maximum atomic E-state index is 5.78. The average molecular weight is 233 g/mol. The van der Waals surface area contributed by atoms with Gasteiger partial charge in [-0.15, -0.1) is 11.3 Å². The number of hydrazine groups is 1. The molecular weight excluding hydrogens is 220 g/mol. The van der Waals surface area contributed by atoms with E-state index in [2.05, 4.69) is 15.7 Å². The van der Waals surface area contributed by atoms with Gasteiger partial charge in [-0.25, -0.2) is 10.8 Å². The van der Waals surface area contributed by atoms with E-state index in [1.54, 1.807) is 0 Å². The molecule has 0 amide bonds. The third-order valence-corrected chi connectivity index (χ3v) is 2.72. The molecule has 1 rings (SSSR count). The molecule has 0 aliphatic rings. The molecule has 14 heavy (non-hydrogen) atoms. The van der Waals surface area contributed by atoms with Gasteiger partial charge in [0, 0.05) is 11.4 Å². The predicted molar refractivity (Wildman–Crippen MR) is 61.5 cm³/mol. The first kappa shape index (κ1) is 11.3. The van der Waals surface area contributed by atoms with Crippen LogP contribution in [0.4, 0.5) is 0 Å². The molecule has 1 aromatic heterocycles. The molecule has 0 aromatic carbocycles. The third-order valence-electron chi connectivity index (χ3n) is 1.50. The Labute approximate surface area is 92.1 Å². The molecule has 0 radical (unpaired) electrons. The Balaban J connectivity index is 2.51. The monoisotopic (exact) mass is 232 g/mol. The summed E-state index contributed by atoms with van der Waals surface area (Å²) in [6.45, 7) is 3.35. The van der Waals surface area contributed by atoms with Crippen molar-refractivity contribution in [2.24, 2.45) is 10.8 Å². The molecule has 0 aliphatic heterocycles. The minimum Gasteiger partial charge on any atom is -0.356 e. The highest BCUT2D eigenvalue weighted by Gasteiger charge is 1.97. The Bertz CT molecular complexity index is 310. The van der Waals surface area contributed by atoms with Gasteiger partial charge in [-0.2, -0.15) is 0 Å². The first-order valence-corrected chi connectivity index (χ1v) is 5.45. The van der Waals surface area contributed by atoms with Crippen molar-refractivity contribution in [3.05, 3.63) is 21.3 Å². The predicted octanol–water partition coefficient (Wildman–Crippen LogP) is 1.33. The maximum Gasteiger partial charge on any atom is 0.206 e. The van der Waals surface area contributed by atoms with Crippen molar-refractivity contribution in [2.75, 3.05) is 6.54 Å². The van der Waals surface area contributed by atoms with Gasteiger partial charge in [0.15, 0.2) is 0 Å². The zero-order chi connectivity index (χ0) is 10.4. The number of nitrogens with two attached hydrogens (primary N) is 1. The van der Waals surface area contributed by atoms with Crippen LogP contribution in [-0.4, -0.2) is 12.5 Å². The molecule has 0 atom stereocenters. The van der Waals surface area contributed by atoms with Gasteiger partial charge >= 0.3 is 0 Å². The summed E-state index contributed by atoms with van der Waals surface area (Å²) in [6.07, 6.45) is 0. The normalized spacial score (nSPS) is 11.5. The van der Waals surface area contributed by atoms with Crippen molar-refractivity contribution in [1.82, 2.24) is 10.7 Å². The SMILES string of the molecule is CCNC(=NCc1ccc(Cl)s1)NN. The van der Waals surface area contributed by atoms with Crippen molar-refractivity contribution in [2.45, 2.75) is 13.5 Å². The summed E-state index contributed by atoms with van der Waals surface area (Å²) in [7, 11) is 0. The summed E-state index contributed by atoms with van der Waals surface area (Å²) >= 11 is 7.31. The lowest BCUT2D eigenvalue weighted by atomic mass is 10.5. The molecule has 0 aliphatic carbocycles. The molecule has 0 saturated carbocycles. The van der Waals surface area contributed by atoms with Crippen LogP contribution in [0.25, 0.3) is 0 Å². The lowest BCUT2D eigenvalue weighted by molar-refractivity contribution is 0.854. The quantitative estimate of drug-likeness (QED) is 0.319. The average Bonchev–Trinajstić information content (AvgIpc) is 2.59. The Morgan fingerprint density at radius 3 is 2.93 bits per heavy atom. The molecule has 1 heterocycles. The van der Waals surface area contributed by atoms with Crippen molar-refractivity contribution in [1.29, 1.82) is 0 Å². The number of aliphatic imine (C=N–C) groups is 1. The van der Waals surface area contributed by atoms with Gasteiger partial charge in [-0.1, -0.05) is 11.6 Å². The number of halogens is 1. The molecule has 0 fully saturated rings. The Morgan fingerprint density at radius 2 is 2.43 bits per heavy atom. The van der Waals surface area contributed by atoms with E-state index in [0.717, 1.165) is 15.8 Å². The van der Waals surface area contributed by atoms with E-state index in [9.17, 15) is 0 Å². The number of hydrogen-bond acceptors (Lipinski definition) is 3. The van der Waals surface area contributed by atoms with Crippen LogP contribution in [0.15, 0.2) is 17.1 Å². The molecule has 0 unspecified atom stereocenters. The van der Waals surface area contributed by atoms with Gasteiger partial charge in [0.1, 0.15) is 0 Å². The zero-order valence-corrected chi connectivity index (χ0v) is 9.45. The van der Waals surface area contributed by atoms with Gasteiger partial charge in [0.2, 0.25) is 5.96 Å². The van der Waals surface area contributed by atoms with E-state index in [1.807, 2.05) is 19.1 Å². The highest BCUT2D eigenvalue weighted by molar-refractivity contribution is 7.16. The number of guanidine groups is 1. The van der Waals surface area contributed by atoms with Crippen LogP contribution in [0.2, 0.25) is 4.34 Å². The molecule has 4 N–H and O–H groups in total. The van der Waals surface area contributed by atoms with Gasteiger partial charge in [-0.05, 0) is 19.1 Å². The largest absolute Gasteiger partial charge is 0.356 e. The molecule has 1 aromatic rings. The van der Waals surface area contributed by atoms with E-state index in [1.165, 1.54) is 11.3 Å². The Morgan fingerprint density at radius 1 is 1.64 bits per heavy atom. The fourth-order valence-corrected chi connectivity index (χ4v) is 1.93. The van der Waals surface area contributed by atoms with E-state index in [-0.39, 0.29) is 0 Å². The smallest absolute Gasteiger partial charge is 0.206 e. The van der Waals surface area contributed by atoms with Gasteiger partial charge < -0.3 is 5.32 Å². The van der Waals surface area contributed by atoms with Crippen LogP contribution in [0.1, 0.15) is 11.8 Å². The molecule has 6 heteroatoms. The maximum absolute atomic E-state index is 5.78. The number of nitrogens with zero attached hydrogens (tertiary/aromatic N) is 1. The van der Waals surface area contributed by atoms with E-state index in [0.29, 0.717) is 12.5 Å². The molecule has 0 spiro atoms. The van der Waals surface area contributed by atoms with Crippen molar-refractivity contribution in [3.63, 3.8) is 0 Å². The molecule has 0 bridgehead atoms. The third kappa shape index (κ3) is 3.53. The first-order valence-electron chi connectivity index (χ1n) is 4.25. The second-order valence-corrected chi connectivity index (χ2v) is 4.34. The van der Waals surface area contributed by atoms with E-state index >= 15 is 0 Å². The van der Waals surface area contributed by atoms with Crippen LogP contribution >= 0.6 is 22.9 Å². The summed E-state index contributed by atoms with van der Waals surface area (Å²) < 4.78 is 0.779. The summed E-state index contributed by atoms with van der Waals surface area (Å²) in [5.41, 5.74) is 2.49. The molecule has 0 saturated heterocycles. The number of thiophene rings is 1. The highest BCUT2D eigenvalue weighted by atomic mass is 35.5. The standard InChI is InChI=1S/C8H13ClN4S/c1-2-11-8(13-10)12-5-6-3-4-7(9)14-6/h3-4H,2,5,10H2,1H3,(H2,11,12,13). The van der Waals surface area contributed by atoms with Crippen molar-refractivity contribution in [3.8, 4) is 0 Å². The summed E-state index contributed by atoms with van der Waals surface area (Å²) in [4.78, 5) is 5.35. The number of rotatable bonds is 3. The van der Waals surface area contributed by atoms with Gasteiger partial charge in [-0.3, -0.25) is 5.43 Å². The van der Waals surface area contributed by atoms with Crippen LogP contribution in [-0.2, 0) is 6.54 Å². The highest BCUT2D eigenvalue weighted by Crippen LogP contribution is 2.21. The summed E-state index contributed by atoms with van der Waals surface area (Å²) in [5.74, 6) is 5.86. The molecule has 78 valence electrons. The van der Waals surface area contributed by atoms with Gasteiger partial charge in [0.25, 0.3) is 0 Å². The fraction of sp³-hybridized carbons (Fsp3) is 0.375. The van der Waals surface area contributed by atoms with Crippen LogP contribution in [0.5, 0.6) is 0 Å². The number of nitrogens with one attached hydrogen (secondary N) is 2. The van der Waals surface area contributed by atoms with Crippen molar-refractivity contribution >= 4 is 28.9 Å². The lowest BCUT2D eigenvalue weighted by Gasteiger charge is -2.05. The van der Waals surface area contributed by atoms with E-state index < -0.39 is 0 Å². The Hall–Kier alpha value is -0.780. The fourth-order valence-electron chi connectivity index (χ4n) is 0.914. The summed E-state index contributed by atoms with van der Waals surface area (Å²) in [5, 5.41) is 2.99. The number of hydrogen-bond donors (Lipinski definition) is 3.